The van der Waals surface area contributed by atoms with Gasteiger partial charge in [-0.3, -0.25) is 9.59 Å². The van der Waals surface area contributed by atoms with Crippen molar-refractivity contribution in [3.63, 3.8) is 0 Å². The quantitative estimate of drug-likeness (QED) is 0.674. The summed E-state index contributed by atoms with van der Waals surface area (Å²) in [5, 5.41) is 16.4. The highest BCUT2D eigenvalue weighted by molar-refractivity contribution is 7.89. The monoisotopic (exact) mass is 317 g/mol. The Morgan fingerprint density at radius 1 is 1.43 bits per heavy atom. The lowest BCUT2D eigenvalue weighted by atomic mass is 10.0. The van der Waals surface area contributed by atoms with Crippen LogP contribution in [-0.4, -0.2) is 36.0 Å². The molecule has 0 spiro atoms. The Morgan fingerprint density at radius 3 is 2.38 bits per heavy atom. The predicted octanol–water partition coefficient (Wildman–Crippen LogP) is -0.0984. The summed E-state index contributed by atoms with van der Waals surface area (Å²) >= 11 is 0. The van der Waals surface area contributed by atoms with Crippen LogP contribution in [0.3, 0.4) is 0 Å². The normalized spacial score (nSPS) is 13.2. The summed E-state index contributed by atoms with van der Waals surface area (Å²) in [7, 11) is -2.39. The van der Waals surface area contributed by atoms with Crippen molar-refractivity contribution in [3.05, 3.63) is 18.0 Å². The summed E-state index contributed by atoms with van der Waals surface area (Å²) in [5.41, 5.74) is 0.0927. The van der Waals surface area contributed by atoms with E-state index in [1.54, 1.807) is 13.8 Å². The molecule has 1 unspecified atom stereocenters. The van der Waals surface area contributed by atoms with Crippen molar-refractivity contribution in [2.75, 3.05) is 0 Å². The van der Waals surface area contributed by atoms with Crippen LogP contribution in [0.1, 0.15) is 30.8 Å². The van der Waals surface area contributed by atoms with Gasteiger partial charge in [0.05, 0.1) is 6.42 Å². The van der Waals surface area contributed by atoms with E-state index < -0.39 is 27.9 Å². The lowest BCUT2D eigenvalue weighted by Crippen LogP contribution is -2.40. The van der Waals surface area contributed by atoms with Crippen LogP contribution in [0.2, 0.25) is 0 Å². The number of amides is 1. The van der Waals surface area contributed by atoms with Gasteiger partial charge in [0.1, 0.15) is 10.6 Å². The number of hydrogen-bond donors (Lipinski definition) is 3. The number of rotatable bonds is 6. The minimum atomic E-state index is -3.90. The number of primary sulfonamides is 1. The molecule has 118 valence electrons. The zero-order valence-corrected chi connectivity index (χ0v) is 12.8. The highest BCUT2D eigenvalue weighted by Crippen LogP contribution is 2.13. The van der Waals surface area contributed by atoms with E-state index >= 15 is 0 Å². The van der Waals surface area contributed by atoms with Gasteiger partial charge in [0, 0.05) is 19.3 Å². The molecular formula is C12H19N3O5S. The summed E-state index contributed by atoms with van der Waals surface area (Å²) in [6.45, 7) is 3.57. The Balaban J connectivity index is 2.98. The molecule has 0 aliphatic rings. The fraction of sp³-hybridized carbons (Fsp3) is 0.500. The van der Waals surface area contributed by atoms with Gasteiger partial charge in [-0.1, -0.05) is 13.8 Å². The second kappa shape index (κ2) is 6.27. The van der Waals surface area contributed by atoms with Crippen molar-refractivity contribution in [1.82, 2.24) is 9.88 Å². The molecule has 0 radical (unpaired) electrons. The first-order valence-electron chi connectivity index (χ1n) is 6.24. The Bertz CT molecular complexity index is 648. The van der Waals surface area contributed by atoms with Crippen LogP contribution >= 0.6 is 0 Å². The van der Waals surface area contributed by atoms with E-state index in [-0.39, 0.29) is 22.9 Å². The Labute approximate surface area is 123 Å². The molecule has 4 N–H and O–H groups in total. The van der Waals surface area contributed by atoms with Crippen LogP contribution in [0.4, 0.5) is 0 Å². The molecule has 0 aliphatic heterocycles. The molecule has 1 atom stereocenters. The molecule has 0 aliphatic carbocycles. The number of aryl methyl sites for hydroxylation is 1. The van der Waals surface area contributed by atoms with Crippen molar-refractivity contribution in [1.29, 1.82) is 0 Å². The van der Waals surface area contributed by atoms with Gasteiger partial charge in [0.2, 0.25) is 10.0 Å². The molecule has 21 heavy (non-hydrogen) atoms. The average Bonchev–Trinajstić information content (AvgIpc) is 2.69. The maximum Gasteiger partial charge on any atom is 0.305 e. The number of aromatic nitrogens is 1. The minimum Gasteiger partial charge on any atom is -0.481 e. The highest BCUT2D eigenvalue weighted by atomic mass is 32.2. The fourth-order valence-corrected chi connectivity index (χ4v) is 2.38. The molecule has 1 rings (SSSR count). The van der Waals surface area contributed by atoms with E-state index in [9.17, 15) is 18.0 Å². The van der Waals surface area contributed by atoms with Gasteiger partial charge in [-0.25, -0.2) is 13.6 Å². The molecule has 1 aromatic rings. The van der Waals surface area contributed by atoms with Crippen molar-refractivity contribution < 1.29 is 23.1 Å². The van der Waals surface area contributed by atoms with Crippen LogP contribution in [0.15, 0.2) is 17.2 Å². The topological polar surface area (TPSA) is 131 Å². The summed E-state index contributed by atoms with van der Waals surface area (Å²) < 4.78 is 23.8. The smallest absolute Gasteiger partial charge is 0.305 e. The first-order valence-corrected chi connectivity index (χ1v) is 7.78. The van der Waals surface area contributed by atoms with E-state index in [1.165, 1.54) is 17.8 Å². The van der Waals surface area contributed by atoms with Gasteiger partial charge >= 0.3 is 5.97 Å². The zero-order valence-electron chi connectivity index (χ0n) is 12.0. The van der Waals surface area contributed by atoms with Gasteiger partial charge in [-0.05, 0) is 12.0 Å². The van der Waals surface area contributed by atoms with Crippen molar-refractivity contribution in [2.45, 2.75) is 31.2 Å². The molecular weight excluding hydrogens is 298 g/mol. The van der Waals surface area contributed by atoms with Crippen molar-refractivity contribution >= 4 is 21.9 Å². The first kappa shape index (κ1) is 17.2. The van der Waals surface area contributed by atoms with Crippen LogP contribution in [0.25, 0.3) is 0 Å². The number of nitrogens with two attached hydrogens (primary N) is 1. The van der Waals surface area contributed by atoms with E-state index in [2.05, 4.69) is 5.32 Å². The first-order chi connectivity index (χ1) is 9.52. The lowest BCUT2D eigenvalue weighted by molar-refractivity contribution is -0.137. The molecule has 0 saturated carbocycles. The Kier molecular flexibility index (Phi) is 5.13. The van der Waals surface area contributed by atoms with Gasteiger partial charge in [-0.2, -0.15) is 0 Å². The molecule has 9 heteroatoms. The second-order valence-corrected chi connectivity index (χ2v) is 6.70. The number of nitrogens with one attached hydrogen (secondary N) is 1. The van der Waals surface area contributed by atoms with E-state index in [0.717, 1.165) is 6.07 Å². The average molecular weight is 317 g/mol. The van der Waals surface area contributed by atoms with Gasteiger partial charge < -0.3 is 15.0 Å². The van der Waals surface area contributed by atoms with Crippen LogP contribution in [0, 0.1) is 5.92 Å². The van der Waals surface area contributed by atoms with E-state index in [1.807, 2.05) is 0 Å². The largest absolute Gasteiger partial charge is 0.481 e. The van der Waals surface area contributed by atoms with Gasteiger partial charge in [0.15, 0.2) is 0 Å². The molecule has 1 aromatic heterocycles. The standard InChI is InChI=1S/C12H19N3O5S/c1-7(2)9(5-11(16)17)14-12(18)10-4-8(6-15(10)3)21(13,19)20/h4,6-7,9H,5H2,1-3H3,(H,14,18)(H,16,17)(H2,13,19,20). The number of nitrogens with zero attached hydrogens (tertiary/aromatic N) is 1. The van der Waals surface area contributed by atoms with Crippen LogP contribution in [-0.2, 0) is 21.9 Å². The zero-order chi connectivity index (χ0) is 16.4. The van der Waals surface area contributed by atoms with E-state index in [4.69, 9.17) is 10.2 Å². The third-order valence-electron chi connectivity index (χ3n) is 3.06. The number of carboxylic acids is 1. The predicted molar refractivity (Wildman–Crippen MR) is 75.1 cm³/mol. The highest BCUT2D eigenvalue weighted by Gasteiger charge is 2.23. The lowest BCUT2D eigenvalue weighted by Gasteiger charge is -2.20. The molecule has 1 amide bonds. The second-order valence-electron chi connectivity index (χ2n) is 5.14. The third-order valence-corrected chi connectivity index (χ3v) is 3.94. The summed E-state index contributed by atoms with van der Waals surface area (Å²) in [4.78, 5) is 22.8. The molecule has 0 saturated heterocycles. The van der Waals surface area contributed by atoms with Gasteiger partial charge in [0.25, 0.3) is 5.91 Å². The van der Waals surface area contributed by atoms with Crippen molar-refractivity contribution in [3.8, 4) is 0 Å². The maximum atomic E-state index is 12.1. The van der Waals surface area contributed by atoms with Crippen LogP contribution in [0.5, 0.6) is 0 Å². The molecule has 0 aromatic carbocycles. The summed E-state index contributed by atoms with van der Waals surface area (Å²) in [5.74, 6) is -1.65. The fourth-order valence-electron chi connectivity index (χ4n) is 1.80. The molecule has 0 fully saturated rings. The molecule has 8 nitrogen and oxygen atoms in total. The number of carbonyl (C=O) groups is 2. The van der Waals surface area contributed by atoms with E-state index in [0.29, 0.717) is 0 Å². The number of hydrogen-bond acceptors (Lipinski definition) is 4. The SMILES string of the molecule is CC(C)C(CC(=O)O)NC(=O)c1cc(S(N)(=O)=O)cn1C. The number of aliphatic carboxylic acids is 1. The molecule has 0 bridgehead atoms. The maximum absolute atomic E-state index is 12.1. The Morgan fingerprint density at radius 2 is 2.00 bits per heavy atom. The summed E-state index contributed by atoms with van der Waals surface area (Å²) in [6.07, 6.45) is 1.02. The number of carbonyl (C=O) groups excluding carboxylic acids is 1. The summed E-state index contributed by atoms with van der Waals surface area (Å²) in [6, 6.07) is 0.603. The minimum absolute atomic E-state index is 0.0805. The number of carboxylic acid groups (broad SMARTS) is 1. The van der Waals surface area contributed by atoms with Crippen LogP contribution < -0.4 is 10.5 Å². The Hall–Kier alpha value is -1.87. The number of sulfonamides is 1. The molecule has 1 heterocycles. The third kappa shape index (κ3) is 4.57. The van der Waals surface area contributed by atoms with Gasteiger partial charge in [-0.15, -0.1) is 0 Å². The van der Waals surface area contributed by atoms with Crippen molar-refractivity contribution in [2.24, 2.45) is 18.1 Å².